The summed E-state index contributed by atoms with van der Waals surface area (Å²) in [5.74, 6) is 2.38. The summed E-state index contributed by atoms with van der Waals surface area (Å²) >= 11 is 3.45. The Morgan fingerprint density at radius 1 is 1.32 bits per heavy atom. The van der Waals surface area contributed by atoms with E-state index in [1.54, 1.807) is 0 Å². The largest absolute Gasteiger partial charge is 0.396 e. The average molecular weight is 326 g/mol. The third kappa shape index (κ3) is 3.08. The third-order valence-electron chi connectivity index (χ3n) is 4.30. The second-order valence-corrected chi connectivity index (χ2v) is 6.74. The van der Waals surface area contributed by atoms with E-state index in [1.807, 2.05) is 6.07 Å². The molecular formula is C14H20BrN3O. The highest BCUT2D eigenvalue weighted by Gasteiger charge is 2.33. The molecule has 19 heavy (non-hydrogen) atoms. The number of aliphatic hydroxyl groups is 1. The van der Waals surface area contributed by atoms with Gasteiger partial charge in [0.1, 0.15) is 16.2 Å². The van der Waals surface area contributed by atoms with Crippen molar-refractivity contribution in [2.45, 2.75) is 44.4 Å². The maximum absolute atomic E-state index is 9.62. The number of nitrogens with zero attached hydrogens (tertiary/aromatic N) is 2. The predicted octanol–water partition coefficient (Wildman–Crippen LogP) is 3.08. The maximum atomic E-state index is 9.62. The van der Waals surface area contributed by atoms with Crippen LogP contribution >= 0.6 is 15.9 Å². The molecule has 0 aliphatic heterocycles. The Hall–Kier alpha value is -0.680. The first-order valence-electron chi connectivity index (χ1n) is 7.10. The van der Waals surface area contributed by atoms with Crippen molar-refractivity contribution in [2.24, 2.45) is 5.41 Å². The fourth-order valence-corrected chi connectivity index (χ4v) is 3.24. The van der Waals surface area contributed by atoms with E-state index in [4.69, 9.17) is 0 Å². The predicted molar refractivity (Wildman–Crippen MR) is 78.2 cm³/mol. The van der Waals surface area contributed by atoms with Crippen LogP contribution in [0.25, 0.3) is 0 Å². The van der Waals surface area contributed by atoms with Gasteiger partial charge in [0, 0.05) is 23.9 Å². The molecule has 1 aromatic heterocycles. The summed E-state index contributed by atoms with van der Waals surface area (Å²) in [5.41, 5.74) is 0.0527. The lowest BCUT2D eigenvalue weighted by Crippen LogP contribution is -2.30. The van der Waals surface area contributed by atoms with Crippen LogP contribution in [0.2, 0.25) is 0 Å². The van der Waals surface area contributed by atoms with Crippen LogP contribution in [0.4, 0.5) is 5.82 Å². The van der Waals surface area contributed by atoms with E-state index >= 15 is 0 Å². The van der Waals surface area contributed by atoms with Gasteiger partial charge in [0.15, 0.2) is 0 Å². The fraction of sp³-hybridized carbons (Fsp3) is 0.714. The minimum atomic E-state index is 0.0527. The molecule has 0 spiro atoms. The Morgan fingerprint density at radius 2 is 2.05 bits per heavy atom. The molecule has 2 aliphatic rings. The lowest BCUT2D eigenvalue weighted by molar-refractivity contribution is 0.142. The Labute approximate surface area is 122 Å². The van der Waals surface area contributed by atoms with Crippen LogP contribution in [-0.4, -0.2) is 28.2 Å². The quantitative estimate of drug-likeness (QED) is 0.817. The van der Waals surface area contributed by atoms with Crippen molar-refractivity contribution in [3.05, 3.63) is 16.5 Å². The number of aliphatic hydroxyl groups excluding tert-OH is 1. The molecule has 2 N–H and O–H groups in total. The molecule has 2 saturated carbocycles. The summed E-state index contributed by atoms with van der Waals surface area (Å²) < 4.78 is 0.844. The van der Waals surface area contributed by atoms with Gasteiger partial charge in [-0.2, -0.15) is 0 Å². The molecule has 2 aliphatic carbocycles. The Kier molecular flexibility index (Phi) is 3.76. The highest BCUT2D eigenvalue weighted by atomic mass is 79.9. The first kappa shape index (κ1) is 13.3. The lowest BCUT2D eigenvalue weighted by Gasteiger charge is -2.26. The number of halogens is 1. The number of rotatable bonds is 5. The topological polar surface area (TPSA) is 58.0 Å². The van der Waals surface area contributed by atoms with Gasteiger partial charge in [-0.1, -0.05) is 12.8 Å². The number of anilines is 1. The standard InChI is InChI=1S/C14H20BrN3O/c15-11-7-12(18-13(17-11)10-3-4-10)16-8-14(9-19)5-1-2-6-14/h7,10,19H,1-6,8-9H2,(H,16,17,18). The van der Waals surface area contributed by atoms with Crippen molar-refractivity contribution in [3.8, 4) is 0 Å². The van der Waals surface area contributed by atoms with E-state index in [9.17, 15) is 5.11 Å². The van der Waals surface area contributed by atoms with Crippen molar-refractivity contribution in [3.63, 3.8) is 0 Å². The number of aromatic nitrogens is 2. The van der Waals surface area contributed by atoms with Crippen molar-refractivity contribution in [1.29, 1.82) is 0 Å². The van der Waals surface area contributed by atoms with E-state index in [-0.39, 0.29) is 12.0 Å². The second kappa shape index (κ2) is 5.37. The van der Waals surface area contributed by atoms with Gasteiger partial charge in [0.25, 0.3) is 0 Å². The molecule has 0 unspecified atom stereocenters. The van der Waals surface area contributed by atoms with Crippen LogP contribution in [0.5, 0.6) is 0 Å². The third-order valence-corrected chi connectivity index (χ3v) is 4.71. The van der Waals surface area contributed by atoms with Gasteiger partial charge in [-0.15, -0.1) is 0 Å². The molecule has 0 bridgehead atoms. The molecular weight excluding hydrogens is 306 g/mol. The molecule has 1 aromatic rings. The van der Waals surface area contributed by atoms with Gasteiger partial charge in [-0.25, -0.2) is 9.97 Å². The fourth-order valence-electron chi connectivity index (χ4n) is 2.84. The van der Waals surface area contributed by atoms with Gasteiger partial charge in [0.05, 0.1) is 6.61 Å². The Morgan fingerprint density at radius 3 is 2.68 bits per heavy atom. The molecule has 4 nitrogen and oxygen atoms in total. The highest BCUT2D eigenvalue weighted by Crippen LogP contribution is 2.40. The van der Waals surface area contributed by atoms with Crippen LogP contribution in [0.1, 0.15) is 50.3 Å². The second-order valence-electron chi connectivity index (χ2n) is 5.93. The summed E-state index contributed by atoms with van der Waals surface area (Å²) in [6.45, 7) is 1.07. The normalized spacial score (nSPS) is 21.6. The highest BCUT2D eigenvalue weighted by molar-refractivity contribution is 9.10. The first-order valence-corrected chi connectivity index (χ1v) is 7.89. The molecule has 5 heteroatoms. The Balaban J connectivity index is 1.69. The monoisotopic (exact) mass is 325 g/mol. The zero-order valence-corrected chi connectivity index (χ0v) is 12.6. The molecule has 0 atom stereocenters. The van der Waals surface area contributed by atoms with Crippen LogP contribution in [0, 0.1) is 5.41 Å². The zero-order valence-electron chi connectivity index (χ0n) is 11.0. The summed E-state index contributed by atoms with van der Waals surface area (Å²) in [6, 6.07) is 1.92. The van der Waals surface area contributed by atoms with E-state index in [1.165, 1.54) is 25.7 Å². The van der Waals surface area contributed by atoms with E-state index < -0.39 is 0 Å². The van der Waals surface area contributed by atoms with E-state index in [0.29, 0.717) is 5.92 Å². The smallest absolute Gasteiger partial charge is 0.135 e. The van der Waals surface area contributed by atoms with Crippen molar-refractivity contribution < 1.29 is 5.11 Å². The average Bonchev–Trinajstić information content (AvgIpc) is 3.16. The van der Waals surface area contributed by atoms with Crippen LogP contribution in [0.15, 0.2) is 10.7 Å². The lowest BCUT2D eigenvalue weighted by atomic mass is 9.87. The Bertz CT molecular complexity index is 456. The minimum Gasteiger partial charge on any atom is -0.396 e. The number of nitrogens with one attached hydrogen (secondary N) is 1. The van der Waals surface area contributed by atoms with E-state index in [0.717, 1.165) is 35.6 Å². The first-order chi connectivity index (χ1) is 9.21. The number of hydrogen-bond acceptors (Lipinski definition) is 4. The van der Waals surface area contributed by atoms with Crippen molar-refractivity contribution >= 4 is 21.7 Å². The van der Waals surface area contributed by atoms with Crippen molar-refractivity contribution in [1.82, 2.24) is 9.97 Å². The summed E-state index contributed by atoms with van der Waals surface area (Å²) in [4.78, 5) is 9.02. The van der Waals surface area contributed by atoms with Gasteiger partial charge in [0.2, 0.25) is 0 Å². The molecule has 0 amide bonds. The van der Waals surface area contributed by atoms with Gasteiger partial charge in [-0.3, -0.25) is 0 Å². The van der Waals surface area contributed by atoms with Crippen LogP contribution in [-0.2, 0) is 0 Å². The molecule has 0 radical (unpaired) electrons. The van der Waals surface area contributed by atoms with Gasteiger partial charge in [-0.05, 0) is 41.6 Å². The zero-order chi connectivity index (χ0) is 13.3. The summed E-state index contributed by atoms with van der Waals surface area (Å²) in [7, 11) is 0. The van der Waals surface area contributed by atoms with Crippen molar-refractivity contribution in [2.75, 3.05) is 18.5 Å². The van der Waals surface area contributed by atoms with Crippen LogP contribution in [0.3, 0.4) is 0 Å². The SMILES string of the molecule is OCC1(CNc2cc(Br)nc(C3CC3)n2)CCCC1. The number of hydrogen-bond donors (Lipinski definition) is 2. The molecule has 0 saturated heterocycles. The molecule has 2 fully saturated rings. The molecule has 1 heterocycles. The molecule has 104 valence electrons. The summed E-state index contributed by atoms with van der Waals surface area (Å²) in [5, 5.41) is 13.0. The van der Waals surface area contributed by atoms with Gasteiger partial charge >= 0.3 is 0 Å². The summed E-state index contributed by atoms with van der Waals surface area (Å²) in [6.07, 6.45) is 7.08. The molecule has 3 rings (SSSR count). The van der Waals surface area contributed by atoms with Crippen LogP contribution < -0.4 is 5.32 Å². The van der Waals surface area contributed by atoms with E-state index in [2.05, 4.69) is 31.2 Å². The molecule has 0 aromatic carbocycles. The minimum absolute atomic E-state index is 0.0527. The maximum Gasteiger partial charge on any atom is 0.135 e. The van der Waals surface area contributed by atoms with Gasteiger partial charge < -0.3 is 10.4 Å².